The number of aromatic nitrogens is 7. The van der Waals surface area contributed by atoms with E-state index in [0.717, 1.165) is 111 Å². The van der Waals surface area contributed by atoms with Crippen LogP contribution in [0.25, 0.3) is 22.5 Å². The predicted molar refractivity (Wildman–Crippen MR) is 406 cm³/mol. The lowest BCUT2D eigenvalue weighted by Crippen LogP contribution is -2.57. The number of nitrogens with one attached hydrogen (secondary N) is 2. The van der Waals surface area contributed by atoms with Gasteiger partial charge in [-0.15, -0.1) is 5.10 Å². The number of carbonyl (C=O) groups is 4. The Morgan fingerprint density at radius 3 is 1.35 bits per heavy atom. The van der Waals surface area contributed by atoms with Gasteiger partial charge in [-0.3, -0.25) is 29.1 Å². The maximum absolute atomic E-state index is 12.3. The van der Waals surface area contributed by atoms with Crippen molar-refractivity contribution in [2.45, 2.75) is 243 Å². The summed E-state index contributed by atoms with van der Waals surface area (Å²) in [4.78, 5) is 62.1. The van der Waals surface area contributed by atoms with Crippen molar-refractivity contribution in [3.05, 3.63) is 115 Å². The first-order valence-corrected chi connectivity index (χ1v) is 41.5. The van der Waals surface area contributed by atoms with E-state index < -0.39 is 0 Å². The van der Waals surface area contributed by atoms with Crippen molar-refractivity contribution in [3.63, 3.8) is 0 Å². The van der Waals surface area contributed by atoms with Gasteiger partial charge < -0.3 is 15.2 Å². The van der Waals surface area contributed by atoms with Gasteiger partial charge in [0.05, 0.1) is 18.7 Å². The van der Waals surface area contributed by atoms with Crippen LogP contribution >= 0.6 is 0 Å². The molecule has 0 bridgehead atoms. The highest BCUT2D eigenvalue weighted by Gasteiger charge is 2.65. The van der Waals surface area contributed by atoms with Crippen LogP contribution in [0.3, 0.4) is 0 Å². The highest BCUT2D eigenvalue weighted by atomic mass is 16.2. The number of pyridine rings is 2. The normalized spacial score (nSPS) is 44.7. The molecule has 20 rings (SSSR count). The summed E-state index contributed by atoms with van der Waals surface area (Å²) in [5.41, 5.74) is 13.2. The van der Waals surface area contributed by atoms with E-state index >= 15 is 0 Å². The minimum atomic E-state index is 0.207. The van der Waals surface area contributed by atoms with E-state index in [1.54, 1.807) is 11.8 Å². The molecule has 4 aromatic rings. The molecule has 0 aromatic carbocycles. The molecule has 16 aliphatic rings. The molecule has 2 N–H and O–H groups in total. The Hall–Kier alpha value is -6.11. The number of aryl methyl sites for hydroxylation is 2. The first-order chi connectivity index (χ1) is 49.4. The average Bonchev–Trinajstić information content (AvgIpc) is 1.65. The van der Waals surface area contributed by atoms with E-state index in [0.29, 0.717) is 58.4 Å². The van der Waals surface area contributed by atoms with Crippen molar-refractivity contribution >= 4 is 45.9 Å². The van der Waals surface area contributed by atoms with Crippen LogP contribution in [0.15, 0.2) is 92.3 Å². The third-order valence-corrected chi connectivity index (χ3v) is 34.9. The molecule has 24 atom stereocenters. The molecular weight excluding hydrogens is 1270 g/mol. The maximum atomic E-state index is 12.3. The zero-order valence-electron chi connectivity index (χ0n) is 64.2. The summed E-state index contributed by atoms with van der Waals surface area (Å²) < 4.78 is 4.24. The fourth-order valence-electron chi connectivity index (χ4n) is 29.6. The van der Waals surface area contributed by atoms with Crippen LogP contribution in [0.1, 0.15) is 252 Å². The smallest absolute Gasteiger partial charge is 0.220 e. The van der Waals surface area contributed by atoms with Crippen LogP contribution in [0.2, 0.25) is 0 Å². The Kier molecular flexibility index (Phi) is 17.5. The number of carbonyl (C=O) groups excluding carboxylic acids is 4. The molecule has 1 unspecified atom stereocenters. The van der Waals surface area contributed by atoms with Crippen LogP contribution in [0, 0.1) is 145 Å². The average molecular weight is 1390 g/mol. The van der Waals surface area contributed by atoms with E-state index in [9.17, 15) is 19.2 Å². The predicted octanol–water partition coefficient (Wildman–Crippen LogP) is 18.3. The van der Waals surface area contributed by atoms with Gasteiger partial charge in [0.15, 0.2) is 0 Å². The third-order valence-electron chi connectivity index (χ3n) is 34.9. The zero-order valence-corrected chi connectivity index (χ0v) is 64.2. The minimum Gasteiger partial charge on any atom is -0.356 e. The number of hydrogen-bond acceptors (Lipinski definition) is 9. The van der Waals surface area contributed by atoms with Crippen LogP contribution in [0.4, 0.5) is 0 Å². The van der Waals surface area contributed by atoms with Gasteiger partial charge in [0.1, 0.15) is 11.6 Å². The molecule has 10 saturated carbocycles. The van der Waals surface area contributed by atoms with E-state index in [1.807, 2.05) is 35.8 Å². The van der Waals surface area contributed by atoms with E-state index in [4.69, 9.17) is 0 Å². The number of ketones is 2. The summed E-state index contributed by atoms with van der Waals surface area (Å²) >= 11 is 0. The van der Waals surface area contributed by atoms with E-state index in [1.165, 1.54) is 168 Å². The molecule has 103 heavy (non-hydrogen) atoms. The summed E-state index contributed by atoms with van der Waals surface area (Å²) in [6.07, 6.45) is 59.0. The fraction of sp³-hybridized carbons (Fsp3) is 0.700. The molecule has 2 saturated heterocycles. The monoisotopic (exact) mass is 1390 g/mol. The van der Waals surface area contributed by atoms with Crippen LogP contribution in [0.5, 0.6) is 0 Å². The van der Waals surface area contributed by atoms with Crippen molar-refractivity contribution in [1.82, 2.24) is 45.1 Å². The summed E-state index contributed by atoms with van der Waals surface area (Å²) in [7, 11) is 0. The van der Waals surface area contributed by atoms with E-state index in [2.05, 4.69) is 165 Å². The summed E-state index contributed by atoms with van der Waals surface area (Å²) in [6, 6.07) is 4.67. The molecular formula is C90H121N9O4. The van der Waals surface area contributed by atoms with Crippen molar-refractivity contribution in [2.24, 2.45) is 138 Å². The van der Waals surface area contributed by atoms with Crippen LogP contribution < -0.4 is 10.6 Å². The number of amides is 2. The highest BCUT2D eigenvalue weighted by molar-refractivity contribution is 5.83. The van der Waals surface area contributed by atoms with Gasteiger partial charge >= 0.3 is 0 Å². The first-order valence-electron chi connectivity index (χ1n) is 41.5. The molecule has 0 spiro atoms. The van der Waals surface area contributed by atoms with Crippen molar-refractivity contribution in [3.8, 4) is 0 Å². The lowest BCUT2D eigenvalue weighted by Gasteiger charge is -2.59. The van der Waals surface area contributed by atoms with Gasteiger partial charge in [-0.25, -0.2) is 9.67 Å². The number of nitrogens with zero attached hydrogens (tertiary/aromatic N) is 7. The SMILES string of the molecule is CCc1cncc(C2=CC[C@H]3C4CC[C@H]5CNC(=O)C[C@]5(C)[C@H]4CC[C@]23C)c1.C[C@]12CC(=O)C[C@@H]1CC[C@@H]1[C@@H]2CC[C@]2(C)C(n3ccnc3)=CC[C@@H]12.C[C@]12CC(=O)C[C@@H]1CC[C@@H]1[C@@H]2CC[C@]2(C)C(n3ccnn3)=CC[C@@H]12.Cc1cncc(C2=CC[C@H]3[C@@H]4CC[C@H]5CNC(=O)C[C@]5(C)[C@H]4CC[C@]23C)c1. The number of Topliss-reactive ketones (excluding diaryl/α,β-unsaturated/α-hetero) is 2. The minimum absolute atomic E-state index is 0.207. The zero-order chi connectivity index (χ0) is 71.4. The maximum Gasteiger partial charge on any atom is 0.220 e. The molecule has 2 aliphatic heterocycles. The lowest BCUT2D eigenvalue weighted by molar-refractivity contribution is -0.140. The Morgan fingerprint density at radius 1 is 0.447 bits per heavy atom. The standard InChI is InChI=1S/C25H34N2O.C24H32N2O.C21H28N2O.C20H27N3O/c1-4-16-11-17(14-26-13-16)20-7-8-21-19-6-5-18-15-27-23(28)12-25(18,3)22(19)9-10-24(20,21)2;1-15-10-16(13-25-12-15)19-6-7-20-18-5-4-17-14-26-22(27)11-24(17,3)21(18)8-9-23(19,20)2;1-20-8-7-18-16(4-3-14-11-15(24)12-21(14,18)2)17(20)5-6-19(20)23-10-9-22-13-23;1-19-8-7-17-15(4-3-13-11-14(24)12-20(13,17)2)16(19)5-6-18(19)23-10-9-21-22-23/h7,11,13-14,18-19,21-22H,4-6,8-10,12,15H2,1-3H3,(H,27,28);6,10,12-13,17-18,20-21H,4-5,7-9,11,14H2,1-3H3,(H,26,27);6,9-10,13-14,16-18H,3-5,7-8,11-12H2,1-2H3;6,9-10,13,15-17H,3-5,7-8,11-12H2,1-2H3/t18-,19?,21-,22-,24+,25-;17-,18-,20-,21-,23+,24-;14-,16-,17-,18-,20-,21-;13-,15-,16-,17-,19-,20-/m0000/s1. The molecule has 13 nitrogen and oxygen atoms in total. The van der Waals surface area contributed by atoms with Crippen molar-refractivity contribution in [2.75, 3.05) is 13.1 Å². The third kappa shape index (κ3) is 11.1. The second-order valence-corrected chi connectivity index (χ2v) is 39.1. The van der Waals surface area contributed by atoms with Gasteiger partial charge in [-0.1, -0.05) is 91.8 Å². The second kappa shape index (κ2) is 25.8. The van der Waals surface area contributed by atoms with Crippen molar-refractivity contribution in [1.29, 1.82) is 0 Å². The molecule has 6 heterocycles. The van der Waals surface area contributed by atoms with Gasteiger partial charge in [-0.2, -0.15) is 0 Å². The fourth-order valence-corrected chi connectivity index (χ4v) is 29.6. The number of rotatable bonds is 5. The van der Waals surface area contributed by atoms with Crippen molar-refractivity contribution < 1.29 is 19.2 Å². The topological polar surface area (TPSA) is 167 Å². The van der Waals surface area contributed by atoms with E-state index in [-0.39, 0.29) is 49.7 Å². The molecule has 2 amide bonds. The largest absolute Gasteiger partial charge is 0.356 e. The van der Waals surface area contributed by atoms with Gasteiger partial charge in [-0.05, 0) is 314 Å². The van der Waals surface area contributed by atoms with Gasteiger partial charge in [0.2, 0.25) is 11.8 Å². The summed E-state index contributed by atoms with van der Waals surface area (Å²) in [5, 5.41) is 14.6. The molecule has 550 valence electrons. The molecule has 13 heteroatoms. The van der Waals surface area contributed by atoms with Crippen LogP contribution in [-0.4, -0.2) is 71.0 Å². The highest BCUT2D eigenvalue weighted by Crippen LogP contribution is 2.72. The second-order valence-electron chi connectivity index (χ2n) is 39.1. The number of imidazole rings is 1. The quantitative estimate of drug-likeness (QED) is 0.198. The van der Waals surface area contributed by atoms with Gasteiger partial charge in [0.25, 0.3) is 0 Å². The summed E-state index contributed by atoms with van der Waals surface area (Å²) in [5.74, 6) is 13.2. The number of fused-ring (bicyclic) bond motifs is 20. The Balaban J connectivity index is 0.000000102. The Bertz CT molecular complexity index is 3970. The van der Waals surface area contributed by atoms with Crippen LogP contribution in [-0.2, 0) is 25.6 Å². The number of allylic oxidation sites excluding steroid dienone is 8. The Morgan fingerprint density at radius 2 is 0.883 bits per heavy atom. The molecule has 12 fully saturated rings. The lowest BCUT2D eigenvalue weighted by atomic mass is 9.46. The number of hydrogen-bond donors (Lipinski definition) is 2. The molecule has 0 radical (unpaired) electrons. The van der Waals surface area contributed by atoms with Gasteiger partial charge in [0, 0.05) is 111 Å². The molecule has 4 aromatic heterocycles. The molecule has 14 aliphatic carbocycles. The Labute approximate surface area is 615 Å². The summed E-state index contributed by atoms with van der Waals surface area (Å²) in [6.45, 7) is 25.9. The first kappa shape index (κ1) is 69.9. The number of piperidine rings is 2.